The van der Waals surface area contributed by atoms with Gasteiger partial charge >= 0.3 is 0 Å². The predicted octanol–water partition coefficient (Wildman–Crippen LogP) is 0.374. The summed E-state index contributed by atoms with van der Waals surface area (Å²) >= 11 is 0. The number of hydrogen-bond donors (Lipinski definition) is 1. The lowest BCUT2D eigenvalue weighted by Crippen LogP contribution is -2.43. The van der Waals surface area contributed by atoms with Crippen LogP contribution in [-0.2, 0) is 0 Å². The van der Waals surface area contributed by atoms with Gasteiger partial charge in [0.1, 0.15) is 0 Å². The summed E-state index contributed by atoms with van der Waals surface area (Å²) in [6.07, 6.45) is 2.67. The Morgan fingerprint density at radius 2 is 2.00 bits per heavy atom. The van der Waals surface area contributed by atoms with Gasteiger partial charge in [-0.15, -0.1) is 0 Å². The molecule has 2 unspecified atom stereocenters. The van der Waals surface area contributed by atoms with E-state index in [0.29, 0.717) is 6.04 Å². The van der Waals surface area contributed by atoms with Crippen molar-refractivity contribution in [3.63, 3.8) is 0 Å². The molecule has 3 heteroatoms. The van der Waals surface area contributed by atoms with Crippen molar-refractivity contribution in [2.75, 3.05) is 39.8 Å². The summed E-state index contributed by atoms with van der Waals surface area (Å²) in [5.41, 5.74) is 0. The van der Waals surface area contributed by atoms with Crippen molar-refractivity contribution in [1.82, 2.24) is 15.1 Å². The first-order chi connectivity index (χ1) is 6.77. The molecule has 0 aromatic rings. The largest absolute Gasteiger partial charge is 0.313 e. The highest BCUT2D eigenvalue weighted by Gasteiger charge is 2.29. The molecule has 0 aromatic carbocycles. The van der Waals surface area contributed by atoms with Crippen LogP contribution in [0.15, 0.2) is 0 Å². The summed E-state index contributed by atoms with van der Waals surface area (Å²) < 4.78 is 0. The number of rotatable bonds is 1. The third kappa shape index (κ3) is 2.27. The van der Waals surface area contributed by atoms with E-state index >= 15 is 0 Å². The molecule has 0 amide bonds. The minimum Gasteiger partial charge on any atom is -0.313 e. The first kappa shape index (κ1) is 10.4. The summed E-state index contributed by atoms with van der Waals surface area (Å²) in [5.74, 6) is 0. The standard InChI is InChI=1S/C11H23N3/c1-10-11(4-5-12-10)14-7-3-6-13(2)8-9-14/h10-12H,3-9H2,1-2H3. The molecular weight excluding hydrogens is 174 g/mol. The smallest absolute Gasteiger partial charge is 0.0259 e. The van der Waals surface area contributed by atoms with E-state index in [2.05, 4.69) is 29.1 Å². The van der Waals surface area contributed by atoms with E-state index in [1.807, 2.05) is 0 Å². The van der Waals surface area contributed by atoms with Gasteiger partial charge in [-0.25, -0.2) is 0 Å². The van der Waals surface area contributed by atoms with Crippen LogP contribution in [0.25, 0.3) is 0 Å². The van der Waals surface area contributed by atoms with Gasteiger partial charge in [0.2, 0.25) is 0 Å². The topological polar surface area (TPSA) is 18.5 Å². The third-order valence-electron chi connectivity index (χ3n) is 3.71. The zero-order valence-corrected chi connectivity index (χ0v) is 9.50. The summed E-state index contributed by atoms with van der Waals surface area (Å²) in [5, 5.41) is 3.54. The van der Waals surface area contributed by atoms with Crippen LogP contribution in [0, 0.1) is 0 Å². The molecule has 0 saturated carbocycles. The average Bonchev–Trinajstić information content (AvgIpc) is 2.46. The van der Waals surface area contributed by atoms with Crippen molar-refractivity contribution in [2.45, 2.75) is 31.8 Å². The van der Waals surface area contributed by atoms with Gasteiger partial charge in [0.05, 0.1) is 0 Å². The van der Waals surface area contributed by atoms with Crippen LogP contribution in [-0.4, -0.2) is 61.7 Å². The fourth-order valence-electron chi connectivity index (χ4n) is 2.74. The van der Waals surface area contributed by atoms with E-state index in [9.17, 15) is 0 Å². The van der Waals surface area contributed by atoms with Crippen LogP contribution in [0.1, 0.15) is 19.8 Å². The maximum atomic E-state index is 3.54. The first-order valence-electron chi connectivity index (χ1n) is 5.93. The molecular formula is C11H23N3. The quantitative estimate of drug-likeness (QED) is 0.655. The van der Waals surface area contributed by atoms with Crippen molar-refractivity contribution in [3.05, 3.63) is 0 Å². The van der Waals surface area contributed by atoms with E-state index < -0.39 is 0 Å². The third-order valence-corrected chi connectivity index (χ3v) is 3.71. The molecule has 2 atom stereocenters. The van der Waals surface area contributed by atoms with Gasteiger partial charge in [-0.05, 0) is 46.4 Å². The maximum absolute atomic E-state index is 3.54. The zero-order chi connectivity index (χ0) is 9.97. The molecule has 2 aliphatic heterocycles. The molecule has 82 valence electrons. The van der Waals surface area contributed by atoms with Gasteiger partial charge in [-0.1, -0.05) is 0 Å². The fraction of sp³-hybridized carbons (Fsp3) is 1.00. The average molecular weight is 197 g/mol. The van der Waals surface area contributed by atoms with Gasteiger partial charge in [-0.2, -0.15) is 0 Å². The SMILES string of the molecule is CC1NCCC1N1CCCN(C)CC1. The van der Waals surface area contributed by atoms with Crippen LogP contribution in [0.2, 0.25) is 0 Å². The summed E-state index contributed by atoms with van der Waals surface area (Å²) in [7, 11) is 2.24. The first-order valence-corrected chi connectivity index (χ1v) is 5.93. The van der Waals surface area contributed by atoms with E-state index in [1.54, 1.807) is 0 Å². The monoisotopic (exact) mass is 197 g/mol. The molecule has 1 N–H and O–H groups in total. The molecule has 0 aliphatic carbocycles. The Bertz CT molecular complexity index is 183. The van der Waals surface area contributed by atoms with Crippen LogP contribution < -0.4 is 5.32 Å². The molecule has 2 rings (SSSR count). The number of nitrogens with zero attached hydrogens (tertiary/aromatic N) is 2. The Kier molecular flexibility index (Phi) is 3.42. The number of hydrogen-bond acceptors (Lipinski definition) is 3. The highest BCUT2D eigenvalue weighted by Crippen LogP contribution is 2.16. The minimum absolute atomic E-state index is 0.693. The molecule has 0 spiro atoms. The molecule has 0 aromatic heterocycles. The van der Waals surface area contributed by atoms with E-state index in [0.717, 1.165) is 6.04 Å². The van der Waals surface area contributed by atoms with Crippen molar-refractivity contribution in [1.29, 1.82) is 0 Å². The van der Waals surface area contributed by atoms with E-state index in [4.69, 9.17) is 0 Å². The molecule has 14 heavy (non-hydrogen) atoms. The Morgan fingerprint density at radius 3 is 2.71 bits per heavy atom. The van der Waals surface area contributed by atoms with Crippen LogP contribution in [0.5, 0.6) is 0 Å². The number of nitrogens with one attached hydrogen (secondary N) is 1. The van der Waals surface area contributed by atoms with Crippen LogP contribution >= 0.6 is 0 Å². The van der Waals surface area contributed by atoms with Crippen molar-refractivity contribution in [2.24, 2.45) is 0 Å². The Labute approximate surface area is 87.4 Å². The summed E-state index contributed by atoms with van der Waals surface area (Å²) in [4.78, 5) is 5.14. The van der Waals surface area contributed by atoms with Crippen LogP contribution in [0.3, 0.4) is 0 Å². The minimum atomic E-state index is 0.693. The van der Waals surface area contributed by atoms with Gasteiger partial charge in [0, 0.05) is 25.2 Å². The van der Waals surface area contributed by atoms with Crippen molar-refractivity contribution < 1.29 is 0 Å². The lowest BCUT2D eigenvalue weighted by atomic mass is 10.1. The van der Waals surface area contributed by atoms with Gasteiger partial charge in [0.25, 0.3) is 0 Å². The van der Waals surface area contributed by atoms with Gasteiger partial charge < -0.3 is 10.2 Å². The maximum Gasteiger partial charge on any atom is 0.0259 e. The predicted molar refractivity (Wildman–Crippen MR) is 59.6 cm³/mol. The zero-order valence-electron chi connectivity index (χ0n) is 9.50. The molecule has 3 nitrogen and oxygen atoms in total. The highest BCUT2D eigenvalue weighted by molar-refractivity contribution is 4.89. The molecule has 2 fully saturated rings. The second kappa shape index (κ2) is 4.60. The second-order valence-electron chi connectivity index (χ2n) is 4.79. The summed E-state index contributed by atoms with van der Waals surface area (Å²) in [6, 6.07) is 1.49. The van der Waals surface area contributed by atoms with E-state index in [1.165, 1.54) is 45.6 Å². The lowest BCUT2D eigenvalue weighted by Gasteiger charge is -2.29. The Hall–Kier alpha value is -0.120. The molecule has 2 saturated heterocycles. The summed E-state index contributed by atoms with van der Waals surface area (Å²) in [6.45, 7) is 8.59. The normalized spacial score (nSPS) is 37.3. The lowest BCUT2D eigenvalue weighted by molar-refractivity contribution is 0.191. The number of likely N-dealkylation sites (N-methyl/N-ethyl adjacent to an activating group) is 1. The van der Waals surface area contributed by atoms with Gasteiger partial charge in [0.15, 0.2) is 0 Å². The molecule has 0 bridgehead atoms. The van der Waals surface area contributed by atoms with Crippen LogP contribution in [0.4, 0.5) is 0 Å². The molecule has 2 aliphatic rings. The fourth-order valence-corrected chi connectivity index (χ4v) is 2.74. The Balaban J connectivity index is 1.90. The van der Waals surface area contributed by atoms with Gasteiger partial charge in [-0.3, -0.25) is 4.90 Å². The molecule has 0 radical (unpaired) electrons. The second-order valence-corrected chi connectivity index (χ2v) is 4.79. The Morgan fingerprint density at radius 1 is 1.14 bits per heavy atom. The van der Waals surface area contributed by atoms with Crippen molar-refractivity contribution in [3.8, 4) is 0 Å². The van der Waals surface area contributed by atoms with E-state index in [-0.39, 0.29) is 0 Å². The highest BCUT2D eigenvalue weighted by atomic mass is 15.2. The molecule has 2 heterocycles. The van der Waals surface area contributed by atoms with Crippen molar-refractivity contribution >= 4 is 0 Å².